The van der Waals surface area contributed by atoms with E-state index in [2.05, 4.69) is 43.6 Å². The molecule has 5 heteroatoms. The van der Waals surface area contributed by atoms with E-state index in [0.717, 1.165) is 43.6 Å². The Labute approximate surface area is 140 Å². The Bertz CT molecular complexity index is 500. The van der Waals surface area contributed by atoms with Crippen LogP contribution >= 0.6 is 0 Å². The molecule has 2 rings (SSSR count). The van der Waals surface area contributed by atoms with Gasteiger partial charge in [0.15, 0.2) is 0 Å². The van der Waals surface area contributed by atoms with Crippen LogP contribution in [0.15, 0.2) is 6.07 Å². The summed E-state index contributed by atoms with van der Waals surface area (Å²) >= 11 is 0. The molecule has 1 atom stereocenters. The number of hydrogen-bond donors (Lipinski definition) is 0. The van der Waals surface area contributed by atoms with E-state index < -0.39 is 0 Å². The normalized spacial score (nSPS) is 19.2. The van der Waals surface area contributed by atoms with Crippen LogP contribution in [0.4, 0.5) is 5.82 Å². The zero-order valence-electron chi connectivity index (χ0n) is 15.3. The minimum Gasteiger partial charge on any atom is -0.381 e. The van der Waals surface area contributed by atoms with Gasteiger partial charge in [0.1, 0.15) is 11.6 Å². The number of aromatic nitrogens is 2. The average molecular weight is 321 g/mol. The highest BCUT2D eigenvalue weighted by atomic mass is 16.5. The van der Waals surface area contributed by atoms with Crippen molar-refractivity contribution >= 4 is 5.82 Å². The molecule has 1 unspecified atom stereocenters. The highest BCUT2D eigenvalue weighted by Gasteiger charge is 2.24. The van der Waals surface area contributed by atoms with Crippen LogP contribution in [0.2, 0.25) is 0 Å². The number of hydrogen-bond acceptors (Lipinski definition) is 5. The van der Waals surface area contributed by atoms with Gasteiger partial charge in [0.2, 0.25) is 0 Å². The molecule has 0 bridgehead atoms. The minimum absolute atomic E-state index is 0.0704. The van der Waals surface area contributed by atoms with Crippen molar-refractivity contribution in [3.05, 3.63) is 17.6 Å². The van der Waals surface area contributed by atoms with Crippen molar-refractivity contribution in [1.29, 1.82) is 0 Å². The lowest BCUT2D eigenvalue weighted by Crippen LogP contribution is -2.38. The van der Waals surface area contributed by atoms with Gasteiger partial charge in [0.05, 0.1) is 18.9 Å². The SMILES string of the molecule is CCOCC1CCCN(c2cc(COC)nc(C(C)(C)C)n2)C1. The van der Waals surface area contributed by atoms with Crippen LogP contribution in [0.25, 0.3) is 0 Å². The van der Waals surface area contributed by atoms with Gasteiger partial charge < -0.3 is 14.4 Å². The van der Waals surface area contributed by atoms with E-state index in [1.807, 2.05) is 0 Å². The molecule has 0 N–H and O–H groups in total. The van der Waals surface area contributed by atoms with Gasteiger partial charge in [0, 0.05) is 38.3 Å². The van der Waals surface area contributed by atoms with Crippen LogP contribution in [0.5, 0.6) is 0 Å². The fraction of sp³-hybridized carbons (Fsp3) is 0.778. The molecule has 0 amide bonds. The lowest BCUT2D eigenvalue weighted by molar-refractivity contribution is 0.104. The lowest BCUT2D eigenvalue weighted by atomic mass is 9.95. The van der Waals surface area contributed by atoms with Crippen molar-refractivity contribution in [2.24, 2.45) is 5.92 Å². The molecule has 1 aliphatic heterocycles. The summed E-state index contributed by atoms with van der Waals surface area (Å²) < 4.78 is 10.9. The van der Waals surface area contributed by atoms with E-state index in [4.69, 9.17) is 14.5 Å². The van der Waals surface area contributed by atoms with Crippen molar-refractivity contribution < 1.29 is 9.47 Å². The van der Waals surface area contributed by atoms with E-state index in [-0.39, 0.29) is 5.41 Å². The Morgan fingerprint density at radius 1 is 1.30 bits per heavy atom. The van der Waals surface area contributed by atoms with E-state index in [1.54, 1.807) is 7.11 Å². The van der Waals surface area contributed by atoms with Crippen LogP contribution in [-0.4, -0.2) is 43.4 Å². The van der Waals surface area contributed by atoms with Crippen LogP contribution in [-0.2, 0) is 21.5 Å². The fourth-order valence-corrected chi connectivity index (χ4v) is 2.90. The molecule has 130 valence electrons. The number of anilines is 1. The molecule has 5 nitrogen and oxygen atoms in total. The summed E-state index contributed by atoms with van der Waals surface area (Å²) in [7, 11) is 1.71. The number of methoxy groups -OCH3 is 1. The number of ether oxygens (including phenoxy) is 2. The maximum absolute atomic E-state index is 5.62. The van der Waals surface area contributed by atoms with E-state index in [0.29, 0.717) is 12.5 Å². The fourth-order valence-electron chi connectivity index (χ4n) is 2.90. The maximum atomic E-state index is 5.62. The van der Waals surface area contributed by atoms with Crippen LogP contribution < -0.4 is 4.90 Å². The standard InChI is InChI=1S/C18H31N3O2/c1-6-23-12-14-8-7-9-21(11-14)16-10-15(13-22-5)19-17(20-16)18(2,3)4/h10,14H,6-9,11-13H2,1-5H3. The van der Waals surface area contributed by atoms with Crippen LogP contribution in [0.1, 0.15) is 52.1 Å². The molecule has 1 aromatic heterocycles. The molecule has 0 radical (unpaired) electrons. The van der Waals surface area contributed by atoms with Gasteiger partial charge >= 0.3 is 0 Å². The first-order valence-electron chi connectivity index (χ1n) is 8.64. The summed E-state index contributed by atoms with van der Waals surface area (Å²) in [5, 5.41) is 0. The molecule has 1 aromatic rings. The van der Waals surface area contributed by atoms with Crippen LogP contribution in [0.3, 0.4) is 0 Å². The van der Waals surface area contributed by atoms with Crippen molar-refractivity contribution in [3.8, 4) is 0 Å². The molecule has 0 saturated carbocycles. The molecule has 1 saturated heterocycles. The predicted molar refractivity (Wildman–Crippen MR) is 92.9 cm³/mol. The summed E-state index contributed by atoms with van der Waals surface area (Å²) in [6.07, 6.45) is 2.42. The second-order valence-corrected chi connectivity index (χ2v) is 7.34. The third-order valence-electron chi connectivity index (χ3n) is 4.13. The Balaban J connectivity index is 2.21. The molecule has 23 heavy (non-hydrogen) atoms. The highest BCUT2D eigenvalue weighted by Crippen LogP contribution is 2.26. The summed E-state index contributed by atoms with van der Waals surface area (Å²) in [5.74, 6) is 2.50. The van der Waals surface area contributed by atoms with Gasteiger partial charge in [-0.3, -0.25) is 0 Å². The number of nitrogens with zero attached hydrogens (tertiary/aromatic N) is 3. The smallest absolute Gasteiger partial charge is 0.136 e. The average Bonchev–Trinajstić information content (AvgIpc) is 2.52. The maximum Gasteiger partial charge on any atom is 0.136 e. The van der Waals surface area contributed by atoms with Gasteiger partial charge in [-0.05, 0) is 25.7 Å². The molecule has 1 fully saturated rings. The van der Waals surface area contributed by atoms with Crippen molar-refractivity contribution in [2.75, 3.05) is 38.3 Å². The minimum atomic E-state index is -0.0704. The Kier molecular flexibility index (Phi) is 6.36. The Morgan fingerprint density at radius 2 is 2.09 bits per heavy atom. The molecule has 2 heterocycles. The van der Waals surface area contributed by atoms with Gasteiger partial charge in [-0.25, -0.2) is 9.97 Å². The molecular weight excluding hydrogens is 290 g/mol. The summed E-state index contributed by atoms with van der Waals surface area (Å²) in [6, 6.07) is 2.07. The Morgan fingerprint density at radius 3 is 2.74 bits per heavy atom. The molecule has 0 aromatic carbocycles. The van der Waals surface area contributed by atoms with Gasteiger partial charge in [0.25, 0.3) is 0 Å². The third kappa shape index (κ3) is 5.15. The van der Waals surface area contributed by atoms with E-state index in [9.17, 15) is 0 Å². The van der Waals surface area contributed by atoms with Crippen LogP contribution in [0, 0.1) is 5.92 Å². The largest absolute Gasteiger partial charge is 0.381 e. The molecule has 0 aliphatic carbocycles. The second kappa shape index (κ2) is 8.06. The zero-order valence-corrected chi connectivity index (χ0v) is 15.3. The lowest BCUT2D eigenvalue weighted by Gasteiger charge is -2.34. The van der Waals surface area contributed by atoms with E-state index >= 15 is 0 Å². The molecular formula is C18H31N3O2. The van der Waals surface area contributed by atoms with Gasteiger partial charge in [-0.15, -0.1) is 0 Å². The number of rotatable bonds is 6. The summed E-state index contributed by atoms with van der Waals surface area (Å²) in [5.41, 5.74) is 0.883. The van der Waals surface area contributed by atoms with Crippen molar-refractivity contribution in [2.45, 2.75) is 52.6 Å². The topological polar surface area (TPSA) is 47.5 Å². The van der Waals surface area contributed by atoms with Gasteiger partial charge in [-0.1, -0.05) is 20.8 Å². The molecule has 1 aliphatic rings. The first-order chi connectivity index (χ1) is 10.9. The predicted octanol–water partition coefficient (Wildman–Crippen LogP) is 3.17. The third-order valence-corrected chi connectivity index (χ3v) is 4.13. The summed E-state index contributed by atoms with van der Waals surface area (Å²) in [4.78, 5) is 11.9. The first kappa shape index (κ1) is 18.1. The van der Waals surface area contributed by atoms with Crippen molar-refractivity contribution in [3.63, 3.8) is 0 Å². The quantitative estimate of drug-likeness (QED) is 0.805. The Hall–Kier alpha value is -1.20. The second-order valence-electron chi connectivity index (χ2n) is 7.34. The monoisotopic (exact) mass is 321 g/mol. The van der Waals surface area contributed by atoms with E-state index in [1.165, 1.54) is 12.8 Å². The van der Waals surface area contributed by atoms with Crippen molar-refractivity contribution in [1.82, 2.24) is 9.97 Å². The van der Waals surface area contributed by atoms with Gasteiger partial charge in [-0.2, -0.15) is 0 Å². The first-order valence-corrected chi connectivity index (χ1v) is 8.64. The molecule has 0 spiro atoms. The summed E-state index contributed by atoms with van der Waals surface area (Å²) in [6.45, 7) is 12.7. The number of piperidine rings is 1. The zero-order chi connectivity index (χ0) is 16.9. The highest BCUT2D eigenvalue weighted by molar-refractivity contribution is 5.41.